The zero-order valence-electron chi connectivity index (χ0n) is 8.50. The Labute approximate surface area is 89.6 Å². The van der Waals surface area contributed by atoms with E-state index < -0.39 is 0 Å². The maximum atomic E-state index is 12.0. The average Bonchev–Trinajstić information content (AvgIpc) is 2.30. The number of amides is 1. The standard InChI is InChI=1S/C10H18N2OS/c13-10(9-2-1-3-11-8-9)12-4-6-14-7-5-12/h9,11H,1-8H2/t9-/m1/s1. The number of carbonyl (C=O) groups is 1. The first-order valence-electron chi connectivity index (χ1n) is 5.45. The van der Waals surface area contributed by atoms with Crippen molar-refractivity contribution in [2.45, 2.75) is 12.8 Å². The largest absolute Gasteiger partial charge is 0.341 e. The smallest absolute Gasteiger partial charge is 0.227 e. The summed E-state index contributed by atoms with van der Waals surface area (Å²) in [5.74, 6) is 2.88. The Bertz CT molecular complexity index is 178. The Morgan fingerprint density at radius 2 is 2.14 bits per heavy atom. The molecule has 2 heterocycles. The highest BCUT2D eigenvalue weighted by molar-refractivity contribution is 7.99. The van der Waals surface area contributed by atoms with E-state index in [2.05, 4.69) is 5.32 Å². The van der Waals surface area contributed by atoms with Gasteiger partial charge in [0, 0.05) is 31.1 Å². The molecule has 0 radical (unpaired) electrons. The first-order valence-corrected chi connectivity index (χ1v) is 6.60. The third-order valence-electron chi connectivity index (χ3n) is 2.97. The second kappa shape index (κ2) is 5.03. The number of carbonyl (C=O) groups excluding carboxylic acids is 1. The summed E-state index contributed by atoms with van der Waals surface area (Å²) in [7, 11) is 0. The quantitative estimate of drug-likeness (QED) is 0.692. The maximum Gasteiger partial charge on any atom is 0.227 e. The zero-order valence-corrected chi connectivity index (χ0v) is 9.31. The molecule has 0 saturated carbocycles. The van der Waals surface area contributed by atoms with Crippen LogP contribution < -0.4 is 5.32 Å². The Morgan fingerprint density at radius 3 is 2.79 bits per heavy atom. The Kier molecular flexibility index (Phi) is 3.70. The van der Waals surface area contributed by atoms with Crippen molar-refractivity contribution in [3.05, 3.63) is 0 Å². The van der Waals surface area contributed by atoms with E-state index in [1.807, 2.05) is 16.7 Å². The van der Waals surface area contributed by atoms with Crippen LogP contribution >= 0.6 is 11.8 Å². The normalized spacial score (nSPS) is 28.9. The summed E-state index contributed by atoms with van der Waals surface area (Å²) in [4.78, 5) is 14.1. The van der Waals surface area contributed by atoms with Gasteiger partial charge in [-0.15, -0.1) is 0 Å². The average molecular weight is 214 g/mol. The predicted octanol–water partition coefficient (Wildman–Crippen LogP) is 0.561. The number of nitrogens with one attached hydrogen (secondary N) is 1. The Balaban J connectivity index is 1.85. The molecule has 1 atom stereocenters. The molecule has 0 spiro atoms. The van der Waals surface area contributed by atoms with Crippen molar-refractivity contribution in [3.63, 3.8) is 0 Å². The highest BCUT2D eigenvalue weighted by atomic mass is 32.2. The predicted molar refractivity (Wildman–Crippen MR) is 59.5 cm³/mol. The molecule has 2 saturated heterocycles. The van der Waals surface area contributed by atoms with Gasteiger partial charge < -0.3 is 10.2 Å². The summed E-state index contributed by atoms with van der Waals surface area (Å²) in [5.41, 5.74) is 0. The highest BCUT2D eigenvalue weighted by Crippen LogP contribution is 2.16. The van der Waals surface area contributed by atoms with Crippen LogP contribution in [0.15, 0.2) is 0 Å². The molecular formula is C10H18N2OS. The van der Waals surface area contributed by atoms with Crippen molar-refractivity contribution in [2.75, 3.05) is 37.7 Å². The van der Waals surface area contributed by atoms with Crippen LogP contribution in [0.5, 0.6) is 0 Å². The molecule has 1 N–H and O–H groups in total. The van der Waals surface area contributed by atoms with Crippen LogP contribution in [-0.4, -0.2) is 48.5 Å². The lowest BCUT2D eigenvalue weighted by molar-refractivity contribution is -0.135. The second-order valence-corrected chi connectivity index (χ2v) is 5.21. The minimum Gasteiger partial charge on any atom is -0.341 e. The summed E-state index contributed by atoms with van der Waals surface area (Å²) in [5, 5.41) is 3.30. The van der Waals surface area contributed by atoms with Gasteiger partial charge in [-0.25, -0.2) is 0 Å². The number of nitrogens with zero attached hydrogens (tertiary/aromatic N) is 1. The first kappa shape index (κ1) is 10.3. The molecule has 2 fully saturated rings. The lowest BCUT2D eigenvalue weighted by atomic mass is 9.98. The van der Waals surface area contributed by atoms with Gasteiger partial charge in [0.1, 0.15) is 0 Å². The van der Waals surface area contributed by atoms with Crippen LogP contribution in [-0.2, 0) is 4.79 Å². The fourth-order valence-electron chi connectivity index (χ4n) is 2.10. The molecule has 3 nitrogen and oxygen atoms in total. The molecule has 0 aliphatic carbocycles. The van der Waals surface area contributed by atoms with E-state index in [0.717, 1.165) is 50.5 Å². The van der Waals surface area contributed by atoms with Crippen LogP contribution in [0, 0.1) is 5.92 Å². The van der Waals surface area contributed by atoms with Gasteiger partial charge in [0.2, 0.25) is 5.91 Å². The topological polar surface area (TPSA) is 32.3 Å². The second-order valence-electron chi connectivity index (χ2n) is 3.98. The van der Waals surface area contributed by atoms with E-state index in [1.165, 1.54) is 0 Å². The fraction of sp³-hybridized carbons (Fsp3) is 0.900. The summed E-state index contributed by atoms with van der Waals surface area (Å²) in [6.07, 6.45) is 2.23. The lowest BCUT2D eigenvalue weighted by Crippen LogP contribution is -2.46. The van der Waals surface area contributed by atoms with Crippen LogP contribution in [0.25, 0.3) is 0 Å². The molecule has 2 rings (SSSR count). The van der Waals surface area contributed by atoms with Crippen molar-refractivity contribution in [1.29, 1.82) is 0 Å². The molecule has 0 bridgehead atoms. The first-order chi connectivity index (χ1) is 6.88. The molecule has 14 heavy (non-hydrogen) atoms. The van der Waals surface area contributed by atoms with Crippen LogP contribution in [0.1, 0.15) is 12.8 Å². The summed E-state index contributed by atoms with van der Waals surface area (Å²) in [6, 6.07) is 0. The van der Waals surface area contributed by atoms with E-state index in [-0.39, 0.29) is 5.92 Å². The van der Waals surface area contributed by atoms with Crippen molar-refractivity contribution in [3.8, 4) is 0 Å². The molecule has 2 aliphatic rings. The van der Waals surface area contributed by atoms with E-state index in [0.29, 0.717) is 5.91 Å². The van der Waals surface area contributed by atoms with E-state index in [4.69, 9.17) is 0 Å². The molecule has 4 heteroatoms. The molecule has 0 aromatic rings. The van der Waals surface area contributed by atoms with Crippen molar-refractivity contribution in [1.82, 2.24) is 10.2 Å². The number of hydrogen-bond acceptors (Lipinski definition) is 3. The molecule has 0 aromatic heterocycles. The van der Waals surface area contributed by atoms with E-state index in [1.54, 1.807) is 0 Å². The number of rotatable bonds is 1. The molecule has 1 amide bonds. The lowest BCUT2D eigenvalue weighted by Gasteiger charge is -2.31. The van der Waals surface area contributed by atoms with E-state index >= 15 is 0 Å². The minimum absolute atomic E-state index is 0.256. The third-order valence-corrected chi connectivity index (χ3v) is 3.91. The van der Waals surface area contributed by atoms with E-state index in [9.17, 15) is 4.79 Å². The fourth-order valence-corrected chi connectivity index (χ4v) is 3.01. The molecule has 0 unspecified atom stereocenters. The van der Waals surface area contributed by atoms with Gasteiger partial charge in [-0.05, 0) is 19.4 Å². The van der Waals surface area contributed by atoms with Gasteiger partial charge in [-0.3, -0.25) is 4.79 Å². The van der Waals surface area contributed by atoms with Crippen LogP contribution in [0.2, 0.25) is 0 Å². The van der Waals surface area contributed by atoms with Crippen molar-refractivity contribution in [2.24, 2.45) is 5.92 Å². The SMILES string of the molecule is O=C([C@@H]1CCCNC1)N1CCSCC1. The molecular weight excluding hydrogens is 196 g/mol. The van der Waals surface area contributed by atoms with Gasteiger partial charge in [0.25, 0.3) is 0 Å². The summed E-state index contributed by atoms with van der Waals surface area (Å²) < 4.78 is 0. The number of thioether (sulfide) groups is 1. The van der Waals surface area contributed by atoms with Gasteiger partial charge in [-0.1, -0.05) is 0 Å². The number of hydrogen-bond donors (Lipinski definition) is 1. The molecule has 80 valence electrons. The Morgan fingerprint density at radius 1 is 1.36 bits per heavy atom. The van der Waals surface area contributed by atoms with Crippen LogP contribution in [0.4, 0.5) is 0 Å². The molecule has 0 aromatic carbocycles. The van der Waals surface area contributed by atoms with Crippen LogP contribution in [0.3, 0.4) is 0 Å². The third kappa shape index (κ3) is 2.42. The zero-order chi connectivity index (χ0) is 9.80. The van der Waals surface area contributed by atoms with Gasteiger partial charge >= 0.3 is 0 Å². The summed E-state index contributed by atoms with van der Waals surface area (Å²) in [6.45, 7) is 3.89. The maximum absolute atomic E-state index is 12.0. The van der Waals surface area contributed by atoms with Gasteiger partial charge in [0.05, 0.1) is 5.92 Å². The monoisotopic (exact) mass is 214 g/mol. The minimum atomic E-state index is 0.256. The van der Waals surface area contributed by atoms with Crippen molar-refractivity contribution < 1.29 is 4.79 Å². The van der Waals surface area contributed by atoms with Gasteiger partial charge in [0.15, 0.2) is 0 Å². The molecule has 2 aliphatic heterocycles. The van der Waals surface area contributed by atoms with Crippen molar-refractivity contribution >= 4 is 17.7 Å². The van der Waals surface area contributed by atoms with Gasteiger partial charge in [-0.2, -0.15) is 11.8 Å². The summed E-state index contributed by atoms with van der Waals surface area (Å²) >= 11 is 1.95. The number of piperidine rings is 1. The Hall–Kier alpha value is -0.220. The highest BCUT2D eigenvalue weighted by Gasteiger charge is 2.26.